The van der Waals surface area contributed by atoms with Crippen LogP contribution in [0.3, 0.4) is 0 Å². The van der Waals surface area contributed by atoms with Crippen LogP contribution < -0.4 is 11.3 Å². The molecule has 0 heterocycles. The zero-order valence-corrected chi connectivity index (χ0v) is 12.7. The molecule has 0 unspecified atom stereocenters. The highest BCUT2D eigenvalue weighted by Gasteiger charge is 2.40. The van der Waals surface area contributed by atoms with Gasteiger partial charge in [0.15, 0.2) is 0 Å². The van der Waals surface area contributed by atoms with Gasteiger partial charge < -0.3 is 9.80 Å². The minimum Gasteiger partial charge on any atom is -0.343 e. The van der Waals surface area contributed by atoms with Crippen molar-refractivity contribution in [3.8, 4) is 0 Å². The zero-order valence-electron chi connectivity index (χ0n) is 12.7. The van der Waals surface area contributed by atoms with Gasteiger partial charge in [0.25, 0.3) is 0 Å². The van der Waals surface area contributed by atoms with Crippen molar-refractivity contribution in [2.45, 2.75) is 56.5 Å². The van der Waals surface area contributed by atoms with Crippen LogP contribution in [0.25, 0.3) is 0 Å². The molecule has 3 N–H and O–H groups in total. The van der Waals surface area contributed by atoms with Crippen LogP contribution in [-0.2, 0) is 0 Å². The summed E-state index contributed by atoms with van der Waals surface area (Å²) in [7, 11) is 6.45. The molecule has 5 nitrogen and oxygen atoms in total. The largest absolute Gasteiger partial charge is 0.343 e. The Morgan fingerprint density at radius 3 is 2.26 bits per heavy atom. The van der Waals surface area contributed by atoms with E-state index in [0.717, 1.165) is 12.5 Å². The maximum Gasteiger partial charge on any atom is 0.208 e. The number of hydrogen-bond acceptors (Lipinski definition) is 3. The summed E-state index contributed by atoms with van der Waals surface area (Å²) in [5.41, 5.74) is 3.10. The fraction of sp³-hybridized carbons (Fsp3) is 0.929. The smallest absolute Gasteiger partial charge is 0.208 e. The third-order valence-electron chi connectivity index (χ3n) is 4.88. The van der Waals surface area contributed by atoms with E-state index in [-0.39, 0.29) is 0 Å². The van der Waals surface area contributed by atoms with E-state index in [1.54, 1.807) is 0 Å². The summed E-state index contributed by atoms with van der Waals surface area (Å²) in [6.45, 7) is 0.996. The molecular weight excluding hydrogens is 238 g/mol. The first-order chi connectivity index (χ1) is 9.07. The van der Waals surface area contributed by atoms with Gasteiger partial charge in [0.05, 0.1) is 6.04 Å². The van der Waals surface area contributed by atoms with Gasteiger partial charge in [-0.25, -0.2) is 10.8 Å². The van der Waals surface area contributed by atoms with Crippen molar-refractivity contribution in [1.82, 2.24) is 15.2 Å². The van der Waals surface area contributed by atoms with Gasteiger partial charge in [-0.1, -0.05) is 12.8 Å². The highest BCUT2D eigenvalue weighted by molar-refractivity contribution is 5.79. The van der Waals surface area contributed by atoms with Crippen LogP contribution in [-0.4, -0.2) is 55.0 Å². The van der Waals surface area contributed by atoms with Crippen LogP contribution in [0.15, 0.2) is 4.99 Å². The minimum absolute atomic E-state index is 0.308. The Balaban J connectivity index is 1.98. The topological polar surface area (TPSA) is 56.9 Å². The Bertz CT molecular complexity index is 316. The summed E-state index contributed by atoms with van der Waals surface area (Å²) >= 11 is 0. The molecule has 5 heteroatoms. The highest BCUT2D eigenvalue weighted by Crippen LogP contribution is 2.36. The fourth-order valence-electron chi connectivity index (χ4n) is 3.30. The molecule has 2 aliphatic carbocycles. The standard InChI is InChI=1S/C14H29N5/c1-18(2)14(9-6-10-14)11-19(3)13(17-15)16-12-7-4-5-8-12/h12H,4-11,15H2,1-3H3,(H,16,17). The Hall–Kier alpha value is -0.810. The average Bonchev–Trinajstić information content (AvgIpc) is 2.82. The summed E-state index contributed by atoms with van der Waals surface area (Å²) in [5, 5.41) is 0. The van der Waals surface area contributed by atoms with Gasteiger partial charge in [-0.05, 0) is 46.2 Å². The highest BCUT2D eigenvalue weighted by atomic mass is 15.4. The van der Waals surface area contributed by atoms with E-state index in [1.807, 2.05) is 0 Å². The van der Waals surface area contributed by atoms with E-state index < -0.39 is 0 Å². The van der Waals surface area contributed by atoms with Crippen molar-refractivity contribution >= 4 is 5.96 Å². The molecule has 0 aromatic heterocycles. The Morgan fingerprint density at radius 2 is 1.84 bits per heavy atom. The van der Waals surface area contributed by atoms with Crippen molar-refractivity contribution in [1.29, 1.82) is 0 Å². The van der Waals surface area contributed by atoms with Gasteiger partial charge in [0, 0.05) is 19.1 Å². The van der Waals surface area contributed by atoms with E-state index >= 15 is 0 Å². The Kier molecular flexibility index (Phi) is 4.68. The summed E-state index contributed by atoms with van der Waals surface area (Å²) in [4.78, 5) is 9.33. The number of nitrogens with two attached hydrogens (primary N) is 1. The van der Waals surface area contributed by atoms with E-state index in [2.05, 4.69) is 36.4 Å². The molecule has 0 amide bonds. The maximum atomic E-state index is 5.67. The second-order valence-electron chi connectivity index (χ2n) is 6.36. The zero-order chi connectivity index (χ0) is 13.9. The number of likely N-dealkylation sites (N-methyl/N-ethyl adjacent to an activating group) is 2. The summed E-state index contributed by atoms with van der Waals surface area (Å²) < 4.78 is 0. The van der Waals surface area contributed by atoms with E-state index in [9.17, 15) is 0 Å². The normalized spacial score (nSPS) is 23.5. The molecule has 2 aliphatic rings. The van der Waals surface area contributed by atoms with Gasteiger partial charge in [-0.3, -0.25) is 5.43 Å². The van der Waals surface area contributed by atoms with Crippen molar-refractivity contribution < 1.29 is 0 Å². The third kappa shape index (κ3) is 3.20. The van der Waals surface area contributed by atoms with Gasteiger partial charge in [-0.15, -0.1) is 0 Å². The van der Waals surface area contributed by atoms with Crippen molar-refractivity contribution in [2.75, 3.05) is 27.7 Å². The number of rotatable bonds is 4. The molecule has 2 rings (SSSR count). The second-order valence-corrected chi connectivity index (χ2v) is 6.36. The summed E-state index contributed by atoms with van der Waals surface area (Å²) in [6.07, 6.45) is 8.89. The number of guanidine groups is 1. The van der Waals surface area contributed by atoms with Gasteiger partial charge in [0.2, 0.25) is 5.96 Å². The number of nitrogens with zero attached hydrogens (tertiary/aromatic N) is 3. The summed E-state index contributed by atoms with van der Waals surface area (Å²) in [6, 6.07) is 0.463. The average molecular weight is 267 g/mol. The first-order valence-corrected chi connectivity index (χ1v) is 7.50. The molecule has 0 bridgehead atoms. The predicted molar refractivity (Wildman–Crippen MR) is 79.9 cm³/mol. The molecule has 110 valence electrons. The number of aliphatic imine (C=N–C) groups is 1. The number of hydrazine groups is 1. The van der Waals surface area contributed by atoms with Crippen molar-refractivity contribution in [2.24, 2.45) is 10.8 Å². The minimum atomic E-state index is 0.308. The van der Waals surface area contributed by atoms with Crippen molar-refractivity contribution in [3.63, 3.8) is 0 Å². The molecule has 0 spiro atoms. The molecule has 0 aromatic carbocycles. The van der Waals surface area contributed by atoms with Crippen LogP contribution in [0.2, 0.25) is 0 Å². The summed E-state index contributed by atoms with van der Waals surface area (Å²) in [5.74, 6) is 6.52. The SMILES string of the molecule is CN(CC1(N(C)C)CCC1)C(=NC1CCCC1)NN. The first-order valence-electron chi connectivity index (χ1n) is 7.50. The quantitative estimate of drug-likeness (QED) is 0.347. The van der Waals surface area contributed by atoms with Crippen LogP contribution in [0.1, 0.15) is 44.9 Å². The fourth-order valence-corrected chi connectivity index (χ4v) is 3.30. The first kappa shape index (κ1) is 14.6. The second kappa shape index (κ2) is 6.09. The Labute approximate surface area is 117 Å². The molecule has 0 saturated heterocycles. The van der Waals surface area contributed by atoms with Crippen LogP contribution in [0, 0.1) is 0 Å². The lowest BCUT2D eigenvalue weighted by Crippen LogP contribution is -2.59. The van der Waals surface area contributed by atoms with Gasteiger partial charge >= 0.3 is 0 Å². The molecule has 0 aromatic rings. The van der Waals surface area contributed by atoms with Gasteiger partial charge in [0.1, 0.15) is 0 Å². The Morgan fingerprint density at radius 1 is 1.21 bits per heavy atom. The lowest BCUT2D eigenvalue weighted by Gasteiger charge is -2.49. The van der Waals surface area contributed by atoms with Gasteiger partial charge in [-0.2, -0.15) is 0 Å². The lowest BCUT2D eigenvalue weighted by atomic mass is 9.75. The predicted octanol–water partition coefficient (Wildman–Crippen LogP) is 1.16. The van der Waals surface area contributed by atoms with Crippen LogP contribution in [0.5, 0.6) is 0 Å². The van der Waals surface area contributed by atoms with Crippen molar-refractivity contribution in [3.05, 3.63) is 0 Å². The third-order valence-corrected chi connectivity index (χ3v) is 4.88. The molecule has 19 heavy (non-hydrogen) atoms. The van der Waals surface area contributed by atoms with E-state index in [0.29, 0.717) is 11.6 Å². The maximum absolute atomic E-state index is 5.67. The van der Waals surface area contributed by atoms with E-state index in [4.69, 9.17) is 10.8 Å². The molecule has 0 radical (unpaired) electrons. The number of nitrogens with one attached hydrogen (secondary N) is 1. The number of hydrogen-bond donors (Lipinski definition) is 2. The molecule has 0 aliphatic heterocycles. The van der Waals surface area contributed by atoms with Crippen LogP contribution in [0.4, 0.5) is 0 Å². The molecular formula is C14H29N5. The lowest BCUT2D eigenvalue weighted by molar-refractivity contribution is 0.0422. The molecule has 2 saturated carbocycles. The van der Waals surface area contributed by atoms with E-state index in [1.165, 1.54) is 44.9 Å². The molecule has 2 fully saturated rings. The molecule has 0 atom stereocenters. The van der Waals surface area contributed by atoms with Crippen LogP contribution >= 0.6 is 0 Å². The monoisotopic (exact) mass is 267 g/mol.